The molecule has 33 heavy (non-hydrogen) atoms. The van der Waals surface area contributed by atoms with Crippen LogP contribution in [-0.4, -0.2) is 31.8 Å². The number of ether oxygens (including phenoxy) is 3. The average molecular weight is 447 g/mol. The van der Waals surface area contributed by atoms with E-state index in [4.69, 9.17) is 14.2 Å². The van der Waals surface area contributed by atoms with Gasteiger partial charge in [-0.2, -0.15) is 5.10 Å². The zero-order chi connectivity index (χ0) is 23.8. The Labute approximate surface area is 193 Å². The fourth-order valence-electron chi connectivity index (χ4n) is 3.07. The first-order chi connectivity index (χ1) is 15.9. The molecule has 0 saturated heterocycles. The number of nitrogens with zero attached hydrogens (tertiary/aromatic N) is 1. The SMILES string of the molecule is COc1cc(/C=N/NC(=O)COc2c(C)cccc2C)ccc1OC(=O)c1ccc(C)cc1. The number of rotatable bonds is 8. The van der Waals surface area contributed by atoms with Crippen molar-refractivity contribution in [2.45, 2.75) is 20.8 Å². The third-order valence-electron chi connectivity index (χ3n) is 4.84. The minimum atomic E-state index is -0.481. The van der Waals surface area contributed by atoms with Gasteiger partial charge in [0.15, 0.2) is 18.1 Å². The van der Waals surface area contributed by atoms with Crippen LogP contribution in [0.1, 0.15) is 32.6 Å². The van der Waals surface area contributed by atoms with Gasteiger partial charge in [-0.15, -0.1) is 0 Å². The predicted octanol–water partition coefficient (Wildman–Crippen LogP) is 4.37. The number of aryl methyl sites for hydroxylation is 3. The van der Waals surface area contributed by atoms with Crippen molar-refractivity contribution in [1.29, 1.82) is 0 Å². The van der Waals surface area contributed by atoms with E-state index >= 15 is 0 Å². The van der Waals surface area contributed by atoms with Gasteiger partial charge in [0.05, 0.1) is 18.9 Å². The highest BCUT2D eigenvalue weighted by atomic mass is 16.6. The minimum absolute atomic E-state index is 0.153. The standard InChI is InChI=1S/C26H26N2O5/c1-17-8-11-21(12-9-17)26(30)33-22-13-10-20(14-23(22)31-4)15-27-28-24(29)16-32-25-18(2)6-5-7-19(25)3/h5-15H,16H2,1-4H3,(H,28,29)/b27-15+. The molecule has 0 aliphatic heterocycles. The van der Waals surface area contributed by atoms with Crippen LogP contribution in [0.4, 0.5) is 0 Å². The second kappa shape index (κ2) is 10.9. The molecule has 0 aliphatic rings. The zero-order valence-corrected chi connectivity index (χ0v) is 19.0. The van der Waals surface area contributed by atoms with Gasteiger partial charge in [-0.1, -0.05) is 35.9 Å². The summed E-state index contributed by atoms with van der Waals surface area (Å²) in [5.41, 5.74) is 6.50. The van der Waals surface area contributed by atoms with E-state index in [1.54, 1.807) is 30.3 Å². The number of esters is 1. The van der Waals surface area contributed by atoms with Crippen molar-refractivity contribution in [3.05, 3.63) is 88.5 Å². The van der Waals surface area contributed by atoms with E-state index in [1.807, 2.05) is 51.1 Å². The van der Waals surface area contributed by atoms with E-state index < -0.39 is 5.97 Å². The summed E-state index contributed by atoms with van der Waals surface area (Å²) >= 11 is 0. The van der Waals surface area contributed by atoms with Gasteiger partial charge in [0.1, 0.15) is 5.75 Å². The van der Waals surface area contributed by atoms with Crippen LogP contribution in [0.2, 0.25) is 0 Å². The Hall–Kier alpha value is -4.13. The van der Waals surface area contributed by atoms with Gasteiger partial charge in [-0.05, 0) is 67.8 Å². The molecule has 0 aromatic heterocycles. The van der Waals surface area contributed by atoms with Gasteiger partial charge < -0.3 is 14.2 Å². The Kier molecular flexibility index (Phi) is 7.81. The zero-order valence-electron chi connectivity index (χ0n) is 19.0. The van der Waals surface area contributed by atoms with E-state index in [2.05, 4.69) is 10.5 Å². The molecule has 0 aliphatic carbocycles. The molecule has 3 aromatic carbocycles. The van der Waals surface area contributed by atoms with Gasteiger partial charge in [-0.3, -0.25) is 4.79 Å². The largest absolute Gasteiger partial charge is 0.493 e. The van der Waals surface area contributed by atoms with Crippen molar-refractivity contribution in [3.63, 3.8) is 0 Å². The molecule has 0 spiro atoms. The second-order valence-corrected chi connectivity index (χ2v) is 7.47. The lowest BCUT2D eigenvalue weighted by molar-refractivity contribution is -0.123. The maximum absolute atomic E-state index is 12.4. The molecule has 3 aromatic rings. The number of para-hydroxylation sites is 1. The summed E-state index contributed by atoms with van der Waals surface area (Å²) in [6.07, 6.45) is 1.46. The van der Waals surface area contributed by atoms with Crippen molar-refractivity contribution >= 4 is 18.1 Å². The van der Waals surface area contributed by atoms with Crippen molar-refractivity contribution in [2.24, 2.45) is 5.10 Å². The van der Waals surface area contributed by atoms with Crippen molar-refractivity contribution < 1.29 is 23.8 Å². The van der Waals surface area contributed by atoms with Crippen LogP contribution in [0.3, 0.4) is 0 Å². The molecular formula is C26H26N2O5. The molecule has 0 heterocycles. The van der Waals surface area contributed by atoms with Crippen LogP contribution in [0, 0.1) is 20.8 Å². The van der Waals surface area contributed by atoms with Gasteiger partial charge in [0, 0.05) is 0 Å². The van der Waals surface area contributed by atoms with E-state index in [-0.39, 0.29) is 18.3 Å². The number of hydrogen-bond donors (Lipinski definition) is 1. The van der Waals surface area contributed by atoms with Gasteiger partial charge >= 0.3 is 5.97 Å². The lowest BCUT2D eigenvalue weighted by atomic mass is 10.1. The van der Waals surface area contributed by atoms with Crippen LogP contribution in [0.5, 0.6) is 17.2 Å². The Bertz CT molecular complexity index is 1150. The maximum Gasteiger partial charge on any atom is 0.343 e. The van der Waals surface area contributed by atoms with E-state index in [9.17, 15) is 9.59 Å². The highest BCUT2D eigenvalue weighted by Gasteiger charge is 2.13. The molecular weight excluding hydrogens is 420 g/mol. The third kappa shape index (κ3) is 6.43. The summed E-state index contributed by atoms with van der Waals surface area (Å²) in [5.74, 6) is 0.475. The van der Waals surface area contributed by atoms with Gasteiger partial charge in [0.25, 0.3) is 5.91 Å². The fourth-order valence-corrected chi connectivity index (χ4v) is 3.07. The summed E-state index contributed by atoms with van der Waals surface area (Å²) in [6.45, 7) is 5.64. The molecule has 1 N–H and O–H groups in total. The summed E-state index contributed by atoms with van der Waals surface area (Å²) in [4.78, 5) is 24.4. The molecule has 3 rings (SSSR count). The van der Waals surface area contributed by atoms with Crippen molar-refractivity contribution in [1.82, 2.24) is 5.43 Å². The van der Waals surface area contributed by atoms with E-state index in [1.165, 1.54) is 13.3 Å². The number of benzene rings is 3. The first-order valence-corrected chi connectivity index (χ1v) is 10.3. The summed E-state index contributed by atoms with van der Waals surface area (Å²) in [5, 5.41) is 3.95. The Balaban J connectivity index is 1.58. The number of amides is 1. The molecule has 7 heteroatoms. The summed E-state index contributed by atoms with van der Waals surface area (Å²) < 4.78 is 16.4. The normalized spacial score (nSPS) is 10.7. The lowest BCUT2D eigenvalue weighted by Crippen LogP contribution is -2.25. The van der Waals surface area contributed by atoms with Gasteiger partial charge in [-0.25, -0.2) is 10.2 Å². The number of carbonyl (C=O) groups excluding carboxylic acids is 2. The first kappa shape index (κ1) is 23.5. The number of nitrogens with one attached hydrogen (secondary N) is 1. The number of hydrazone groups is 1. The van der Waals surface area contributed by atoms with Crippen molar-refractivity contribution in [3.8, 4) is 17.2 Å². The van der Waals surface area contributed by atoms with Crippen LogP contribution in [0.15, 0.2) is 65.8 Å². The molecule has 0 radical (unpaired) electrons. The minimum Gasteiger partial charge on any atom is -0.493 e. The summed E-state index contributed by atoms with van der Waals surface area (Å²) in [6, 6.07) is 17.8. The van der Waals surface area contributed by atoms with E-state index in [0.717, 1.165) is 16.7 Å². The molecule has 0 saturated carbocycles. The van der Waals surface area contributed by atoms with Crippen LogP contribution in [0.25, 0.3) is 0 Å². The third-order valence-corrected chi connectivity index (χ3v) is 4.84. The highest BCUT2D eigenvalue weighted by Crippen LogP contribution is 2.28. The lowest BCUT2D eigenvalue weighted by Gasteiger charge is -2.11. The topological polar surface area (TPSA) is 86.2 Å². The maximum atomic E-state index is 12.4. The molecule has 7 nitrogen and oxygen atoms in total. The molecule has 0 bridgehead atoms. The predicted molar refractivity (Wildman–Crippen MR) is 126 cm³/mol. The Morgan fingerprint density at radius 2 is 1.64 bits per heavy atom. The first-order valence-electron chi connectivity index (χ1n) is 10.3. The molecule has 0 unspecified atom stereocenters. The van der Waals surface area contributed by atoms with Crippen LogP contribution < -0.4 is 19.6 Å². The Morgan fingerprint density at radius 3 is 2.30 bits per heavy atom. The number of carbonyl (C=O) groups is 2. The monoisotopic (exact) mass is 446 g/mol. The molecule has 0 fully saturated rings. The second-order valence-electron chi connectivity index (χ2n) is 7.47. The Morgan fingerprint density at radius 1 is 0.939 bits per heavy atom. The van der Waals surface area contributed by atoms with Crippen molar-refractivity contribution in [2.75, 3.05) is 13.7 Å². The molecule has 0 atom stereocenters. The van der Waals surface area contributed by atoms with Gasteiger partial charge in [0.2, 0.25) is 0 Å². The smallest absolute Gasteiger partial charge is 0.343 e. The molecule has 170 valence electrons. The molecule has 1 amide bonds. The number of methoxy groups -OCH3 is 1. The highest BCUT2D eigenvalue weighted by molar-refractivity contribution is 5.91. The quantitative estimate of drug-likeness (QED) is 0.240. The average Bonchev–Trinajstić information content (AvgIpc) is 2.80. The van der Waals surface area contributed by atoms with Crippen LogP contribution >= 0.6 is 0 Å². The van der Waals surface area contributed by atoms with Crippen LogP contribution in [-0.2, 0) is 4.79 Å². The number of hydrogen-bond acceptors (Lipinski definition) is 6. The summed E-state index contributed by atoms with van der Waals surface area (Å²) in [7, 11) is 1.48. The fraction of sp³-hybridized carbons (Fsp3) is 0.192. The van der Waals surface area contributed by atoms with E-state index in [0.29, 0.717) is 22.6 Å².